The fourth-order valence-electron chi connectivity index (χ4n) is 1.95. The van der Waals surface area contributed by atoms with E-state index in [1.807, 2.05) is 0 Å². The predicted molar refractivity (Wildman–Crippen MR) is 73.7 cm³/mol. The van der Waals surface area contributed by atoms with E-state index < -0.39 is 17.7 Å². The van der Waals surface area contributed by atoms with Gasteiger partial charge in [0.2, 0.25) is 0 Å². The van der Waals surface area contributed by atoms with Crippen LogP contribution in [0.4, 0.5) is 8.78 Å². The van der Waals surface area contributed by atoms with Crippen LogP contribution in [-0.4, -0.2) is 7.05 Å². The molecule has 5 heteroatoms. The zero-order chi connectivity index (χ0) is 14.0. The largest absolute Gasteiger partial charge is 0.309 e. The third-order valence-electron chi connectivity index (χ3n) is 2.84. The summed E-state index contributed by atoms with van der Waals surface area (Å²) < 4.78 is 26.8. The van der Waals surface area contributed by atoms with Gasteiger partial charge in [-0.15, -0.1) is 0 Å². The van der Waals surface area contributed by atoms with Gasteiger partial charge >= 0.3 is 0 Å². The van der Waals surface area contributed by atoms with Crippen LogP contribution in [0.2, 0.25) is 10.0 Å². The van der Waals surface area contributed by atoms with E-state index in [1.165, 1.54) is 12.1 Å². The molecule has 0 aliphatic carbocycles. The highest BCUT2D eigenvalue weighted by atomic mass is 35.5. The lowest BCUT2D eigenvalue weighted by Crippen LogP contribution is -2.19. The molecule has 1 unspecified atom stereocenters. The highest BCUT2D eigenvalue weighted by Gasteiger charge is 2.19. The number of halogens is 4. The molecule has 0 radical (unpaired) electrons. The van der Waals surface area contributed by atoms with E-state index in [4.69, 9.17) is 23.2 Å². The topological polar surface area (TPSA) is 12.0 Å². The van der Waals surface area contributed by atoms with E-state index in [0.717, 1.165) is 6.07 Å². The molecular weight excluding hydrogens is 291 g/mol. The summed E-state index contributed by atoms with van der Waals surface area (Å²) in [6, 6.07) is 7.98. The van der Waals surface area contributed by atoms with Crippen LogP contribution in [0.1, 0.15) is 17.2 Å². The van der Waals surface area contributed by atoms with E-state index in [1.54, 1.807) is 25.2 Å². The Morgan fingerprint density at radius 1 is 1.00 bits per heavy atom. The van der Waals surface area contributed by atoms with Crippen molar-refractivity contribution in [2.75, 3.05) is 7.05 Å². The minimum Gasteiger partial charge on any atom is -0.309 e. The highest BCUT2D eigenvalue weighted by Crippen LogP contribution is 2.31. The van der Waals surface area contributed by atoms with Crippen molar-refractivity contribution in [3.8, 4) is 0 Å². The number of nitrogens with one attached hydrogen (secondary N) is 1. The fraction of sp³-hybridized carbons (Fsp3) is 0.143. The zero-order valence-electron chi connectivity index (χ0n) is 10.1. The molecule has 2 aromatic rings. The van der Waals surface area contributed by atoms with Crippen LogP contribution in [-0.2, 0) is 0 Å². The predicted octanol–water partition coefficient (Wildman–Crippen LogP) is 4.58. The number of benzene rings is 2. The van der Waals surface area contributed by atoms with Crippen molar-refractivity contribution < 1.29 is 8.78 Å². The third-order valence-corrected chi connectivity index (χ3v) is 3.40. The Bertz CT molecular complexity index is 550. The molecule has 0 spiro atoms. The summed E-state index contributed by atoms with van der Waals surface area (Å²) in [7, 11) is 1.68. The fourth-order valence-corrected chi connectivity index (χ4v) is 2.47. The van der Waals surface area contributed by atoms with Crippen molar-refractivity contribution in [2.45, 2.75) is 6.04 Å². The minimum absolute atomic E-state index is 0.327. The number of hydrogen-bond donors (Lipinski definition) is 1. The van der Waals surface area contributed by atoms with Crippen LogP contribution in [0.3, 0.4) is 0 Å². The summed E-state index contributed by atoms with van der Waals surface area (Å²) >= 11 is 11.9. The van der Waals surface area contributed by atoms with E-state index in [2.05, 4.69) is 5.32 Å². The van der Waals surface area contributed by atoms with Gasteiger partial charge in [0.25, 0.3) is 0 Å². The average molecular weight is 302 g/mol. The second kappa shape index (κ2) is 5.87. The van der Waals surface area contributed by atoms with Crippen molar-refractivity contribution in [3.63, 3.8) is 0 Å². The minimum atomic E-state index is -0.620. The molecule has 2 rings (SSSR count). The molecule has 1 atom stereocenters. The second-order valence-electron chi connectivity index (χ2n) is 4.05. The van der Waals surface area contributed by atoms with Gasteiger partial charge in [-0.3, -0.25) is 0 Å². The van der Waals surface area contributed by atoms with Crippen molar-refractivity contribution in [2.24, 2.45) is 0 Å². The van der Waals surface area contributed by atoms with Crippen molar-refractivity contribution in [1.29, 1.82) is 0 Å². The molecule has 0 amide bonds. The van der Waals surface area contributed by atoms with E-state index in [9.17, 15) is 8.78 Å². The highest BCUT2D eigenvalue weighted by molar-refractivity contribution is 6.35. The Balaban J connectivity index is 2.50. The van der Waals surface area contributed by atoms with Gasteiger partial charge in [0.05, 0.1) is 6.04 Å². The first-order chi connectivity index (χ1) is 9.02. The van der Waals surface area contributed by atoms with E-state index in [-0.39, 0.29) is 0 Å². The average Bonchev–Trinajstić information content (AvgIpc) is 2.34. The van der Waals surface area contributed by atoms with Gasteiger partial charge in [-0.1, -0.05) is 35.3 Å². The van der Waals surface area contributed by atoms with Crippen LogP contribution in [0, 0.1) is 11.6 Å². The Morgan fingerprint density at radius 3 is 2.26 bits per heavy atom. The monoisotopic (exact) mass is 301 g/mol. The van der Waals surface area contributed by atoms with Gasteiger partial charge in [0.15, 0.2) is 0 Å². The molecule has 0 saturated heterocycles. The van der Waals surface area contributed by atoms with Gasteiger partial charge < -0.3 is 5.32 Å². The summed E-state index contributed by atoms with van der Waals surface area (Å²) in [5.74, 6) is -1.23. The Hall–Kier alpha value is -1.16. The van der Waals surface area contributed by atoms with Gasteiger partial charge in [-0.25, -0.2) is 8.78 Å². The summed E-state index contributed by atoms with van der Waals surface area (Å²) in [6.45, 7) is 0. The van der Waals surface area contributed by atoms with Gasteiger partial charge in [0, 0.05) is 21.7 Å². The third kappa shape index (κ3) is 3.06. The summed E-state index contributed by atoms with van der Waals surface area (Å²) in [4.78, 5) is 0. The van der Waals surface area contributed by atoms with Crippen molar-refractivity contribution in [1.82, 2.24) is 5.32 Å². The lowest BCUT2D eigenvalue weighted by molar-refractivity contribution is 0.552. The molecule has 2 aromatic carbocycles. The number of rotatable bonds is 3. The van der Waals surface area contributed by atoms with Crippen LogP contribution >= 0.6 is 23.2 Å². The normalized spacial score (nSPS) is 12.5. The Morgan fingerprint density at radius 2 is 1.68 bits per heavy atom. The van der Waals surface area contributed by atoms with Crippen molar-refractivity contribution >= 4 is 23.2 Å². The van der Waals surface area contributed by atoms with Crippen LogP contribution in [0.25, 0.3) is 0 Å². The maximum atomic E-state index is 13.8. The first-order valence-electron chi connectivity index (χ1n) is 5.60. The van der Waals surface area contributed by atoms with Crippen LogP contribution in [0.5, 0.6) is 0 Å². The Labute approximate surface area is 120 Å². The summed E-state index contributed by atoms with van der Waals surface area (Å²) in [5, 5.41) is 3.89. The number of hydrogen-bond acceptors (Lipinski definition) is 1. The lowest BCUT2D eigenvalue weighted by Gasteiger charge is -2.19. The molecule has 1 nitrogen and oxygen atoms in total. The molecule has 0 bridgehead atoms. The molecule has 100 valence electrons. The molecular formula is C14H11Cl2F2N. The summed E-state index contributed by atoms with van der Waals surface area (Å²) in [6.07, 6.45) is 0. The smallest absolute Gasteiger partial charge is 0.131 e. The first kappa shape index (κ1) is 14.3. The first-order valence-corrected chi connectivity index (χ1v) is 6.35. The molecule has 0 aliphatic rings. The van der Waals surface area contributed by atoms with E-state index in [0.29, 0.717) is 21.2 Å². The van der Waals surface area contributed by atoms with Gasteiger partial charge in [-0.05, 0) is 30.8 Å². The van der Waals surface area contributed by atoms with E-state index >= 15 is 0 Å². The molecule has 1 N–H and O–H groups in total. The van der Waals surface area contributed by atoms with Crippen LogP contribution < -0.4 is 5.32 Å². The molecule has 0 aromatic heterocycles. The zero-order valence-corrected chi connectivity index (χ0v) is 11.6. The summed E-state index contributed by atoms with van der Waals surface area (Å²) in [5.41, 5.74) is 1.01. The van der Waals surface area contributed by atoms with Crippen LogP contribution in [0.15, 0.2) is 36.4 Å². The lowest BCUT2D eigenvalue weighted by atomic mass is 9.98. The SMILES string of the molecule is CNC(c1ccc(F)cc1F)c1ccc(Cl)cc1Cl. The van der Waals surface area contributed by atoms with Gasteiger partial charge in [0.1, 0.15) is 11.6 Å². The maximum Gasteiger partial charge on any atom is 0.131 e. The quantitative estimate of drug-likeness (QED) is 0.875. The molecule has 0 fully saturated rings. The molecule has 0 heterocycles. The Kier molecular flexibility index (Phi) is 4.40. The standard InChI is InChI=1S/C14H11Cl2F2N/c1-19-14(10-4-2-8(15)6-12(10)16)11-5-3-9(17)7-13(11)18/h2-7,14,19H,1H3. The second-order valence-corrected chi connectivity index (χ2v) is 4.90. The molecule has 19 heavy (non-hydrogen) atoms. The molecule has 0 aliphatic heterocycles. The maximum absolute atomic E-state index is 13.8. The van der Waals surface area contributed by atoms with Gasteiger partial charge in [-0.2, -0.15) is 0 Å². The molecule has 0 saturated carbocycles. The van der Waals surface area contributed by atoms with Crippen molar-refractivity contribution in [3.05, 3.63) is 69.2 Å².